The quantitative estimate of drug-likeness (QED) is 0.838. The lowest BCUT2D eigenvalue weighted by Gasteiger charge is -2.35. The summed E-state index contributed by atoms with van der Waals surface area (Å²) in [5.41, 5.74) is 0. The Hall–Kier alpha value is -1.26. The standard InChI is InChI=1S/C15H24N2O3/c18-14(19)13-2-1-7-16(10-13)15(20)17(8-11-3-4-11)9-12-5-6-12/h11-13H,1-10H2,(H,18,19)/t13-/m1/s1. The van der Waals surface area contributed by atoms with Gasteiger partial charge in [0.1, 0.15) is 0 Å². The molecule has 2 amide bonds. The van der Waals surface area contributed by atoms with Gasteiger partial charge in [-0.05, 0) is 50.4 Å². The Balaban J connectivity index is 1.59. The topological polar surface area (TPSA) is 60.9 Å². The normalized spacial score (nSPS) is 26.4. The smallest absolute Gasteiger partial charge is 0.320 e. The third kappa shape index (κ3) is 3.44. The number of carbonyl (C=O) groups is 2. The molecule has 3 rings (SSSR count). The van der Waals surface area contributed by atoms with Gasteiger partial charge in [0.25, 0.3) is 0 Å². The molecule has 1 heterocycles. The molecule has 0 aromatic heterocycles. The van der Waals surface area contributed by atoms with Crippen molar-refractivity contribution in [1.82, 2.24) is 9.80 Å². The number of rotatable bonds is 5. The first-order valence-corrected chi connectivity index (χ1v) is 7.90. The fraction of sp³-hybridized carbons (Fsp3) is 0.867. The lowest BCUT2D eigenvalue weighted by Crippen LogP contribution is -2.49. The number of carbonyl (C=O) groups excluding carboxylic acids is 1. The SMILES string of the molecule is O=C(O)[C@@H]1CCCN(C(=O)N(CC2CC2)CC2CC2)C1. The van der Waals surface area contributed by atoms with Crippen molar-refractivity contribution in [2.45, 2.75) is 38.5 Å². The average molecular weight is 280 g/mol. The van der Waals surface area contributed by atoms with Gasteiger partial charge in [-0.25, -0.2) is 4.79 Å². The number of piperidine rings is 1. The monoisotopic (exact) mass is 280 g/mol. The zero-order chi connectivity index (χ0) is 14.1. The van der Waals surface area contributed by atoms with Crippen molar-refractivity contribution in [3.63, 3.8) is 0 Å². The number of hydrogen-bond donors (Lipinski definition) is 1. The minimum absolute atomic E-state index is 0.0785. The molecule has 1 N–H and O–H groups in total. The van der Waals surface area contributed by atoms with Crippen LogP contribution < -0.4 is 0 Å². The third-order valence-corrected chi connectivity index (χ3v) is 4.66. The van der Waals surface area contributed by atoms with Crippen molar-refractivity contribution < 1.29 is 14.7 Å². The van der Waals surface area contributed by atoms with Crippen molar-refractivity contribution in [3.8, 4) is 0 Å². The van der Waals surface area contributed by atoms with Crippen molar-refractivity contribution in [2.24, 2.45) is 17.8 Å². The van der Waals surface area contributed by atoms with Crippen molar-refractivity contribution in [3.05, 3.63) is 0 Å². The van der Waals surface area contributed by atoms with E-state index in [2.05, 4.69) is 0 Å². The molecule has 20 heavy (non-hydrogen) atoms. The minimum Gasteiger partial charge on any atom is -0.481 e. The number of nitrogens with zero attached hydrogens (tertiary/aromatic N) is 2. The van der Waals surface area contributed by atoms with Crippen LogP contribution in [0.15, 0.2) is 0 Å². The molecule has 1 aliphatic heterocycles. The van der Waals surface area contributed by atoms with Crippen LogP contribution in [0.5, 0.6) is 0 Å². The van der Waals surface area contributed by atoms with Gasteiger partial charge in [0.05, 0.1) is 5.92 Å². The lowest BCUT2D eigenvalue weighted by molar-refractivity contribution is -0.143. The summed E-state index contributed by atoms with van der Waals surface area (Å²) in [5, 5.41) is 9.14. The second-order valence-electron chi connectivity index (χ2n) is 6.70. The summed E-state index contributed by atoms with van der Waals surface area (Å²) in [4.78, 5) is 27.5. The maximum atomic E-state index is 12.7. The molecule has 5 heteroatoms. The van der Waals surface area contributed by atoms with E-state index in [0.29, 0.717) is 31.3 Å². The summed E-state index contributed by atoms with van der Waals surface area (Å²) in [7, 11) is 0. The summed E-state index contributed by atoms with van der Waals surface area (Å²) < 4.78 is 0. The number of urea groups is 1. The third-order valence-electron chi connectivity index (χ3n) is 4.66. The fourth-order valence-electron chi connectivity index (χ4n) is 3.01. The molecular weight excluding hydrogens is 256 g/mol. The van der Waals surface area contributed by atoms with E-state index < -0.39 is 5.97 Å². The van der Waals surface area contributed by atoms with Crippen LogP contribution in [0.3, 0.4) is 0 Å². The molecule has 2 saturated carbocycles. The summed E-state index contributed by atoms with van der Waals surface area (Å²) >= 11 is 0. The highest BCUT2D eigenvalue weighted by molar-refractivity contribution is 5.76. The van der Waals surface area contributed by atoms with Crippen LogP contribution in [0, 0.1) is 17.8 Å². The number of amides is 2. The molecule has 1 atom stereocenters. The fourth-order valence-corrected chi connectivity index (χ4v) is 3.01. The molecule has 5 nitrogen and oxygen atoms in total. The second kappa shape index (κ2) is 5.62. The Kier molecular flexibility index (Phi) is 3.85. The molecule has 0 spiro atoms. The number of hydrogen-bond acceptors (Lipinski definition) is 2. The van der Waals surface area contributed by atoms with E-state index >= 15 is 0 Å². The molecule has 0 aromatic rings. The molecule has 0 unspecified atom stereocenters. The van der Waals surface area contributed by atoms with E-state index in [9.17, 15) is 9.59 Å². The highest BCUT2D eigenvalue weighted by Crippen LogP contribution is 2.34. The van der Waals surface area contributed by atoms with Crippen LogP contribution >= 0.6 is 0 Å². The van der Waals surface area contributed by atoms with E-state index in [1.807, 2.05) is 4.90 Å². The van der Waals surface area contributed by atoms with Gasteiger partial charge in [-0.2, -0.15) is 0 Å². The van der Waals surface area contributed by atoms with Gasteiger partial charge in [0, 0.05) is 26.2 Å². The van der Waals surface area contributed by atoms with E-state index in [1.54, 1.807) is 4.90 Å². The van der Waals surface area contributed by atoms with Crippen molar-refractivity contribution >= 4 is 12.0 Å². The summed E-state index contributed by atoms with van der Waals surface area (Å²) in [6, 6.07) is 0.0785. The zero-order valence-corrected chi connectivity index (χ0v) is 12.0. The summed E-state index contributed by atoms with van der Waals surface area (Å²) in [6.45, 7) is 2.86. The molecule has 1 saturated heterocycles. The molecule has 0 bridgehead atoms. The van der Waals surface area contributed by atoms with Crippen LogP contribution in [-0.4, -0.2) is 53.1 Å². The molecule has 0 radical (unpaired) electrons. The Morgan fingerprint density at radius 3 is 2.15 bits per heavy atom. The van der Waals surface area contributed by atoms with Crippen LogP contribution in [0.25, 0.3) is 0 Å². The maximum absolute atomic E-state index is 12.7. The number of carboxylic acids is 1. The molecular formula is C15H24N2O3. The lowest BCUT2D eigenvalue weighted by atomic mass is 9.98. The second-order valence-corrected chi connectivity index (χ2v) is 6.70. The van der Waals surface area contributed by atoms with E-state index in [0.717, 1.165) is 19.5 Å². The minimum atomic E-state index is -0.765. The zero-order valence-electron chi connectivity index (χ0n) is 12.0. The Morgan fingerprint density at radius 2 is 1.65 bits per heavy atom. The highest BCUT2D eigenvalue weighted by atomic mass is 16.4. The Morgan fingerprint density at radius 1 is 1.05 bits per heavy atom. The van der Waals surface area contributed by atoms with Gasteiger partial charge in [-0.15, -0.1) is 0 Å². The summed E-state index contributed by atoms with van der Waals surface area (Å²) in [5.74, 6) is 0.241. The van der Waals surface area contributed by atoms with E-state index in [4.69, 9.17) is 5.11 Å². The summed E-state index contributed by atoms with van der Waals surface area (Å²) in [6.07, 6.45) is 6.48. The highest BCUT2D eigenvalue weighted by Gasteiger charge is 2.35. The van der Waals surface area contributed by atoms with E-state index in [-0.39, 0.29) is 11.9 Å². The number of aliphatic carboxylic acids is 1. The molecule has 112 valence electrons. The van der Waals surface area contributed by atoms with Gasteiger partial charge in [-0.1, -0.05) is 0 Å². The molecule has 3 aliphatic rings. The van der Waals surface area contributed by atoms with Crippen LogP contribution in [0.2, 0.25) is 0 Å². The number of carboxylic acid groups (broad SMARTS) is 1. The number of likely N-dealkylation sites (tertiary alicyclic amines) is 1. The molecule has 2 aliphatic carbocycles. The maximum Gasteiger partial charge on any atom is 0.320 e. The van der Waals surface area contributed by atoms with Gasteiger partial charge < -0.3 is 14.9 Å². The Labute approximate surface area is 119 Å². The van der Waals surface area contributed by atoms with Gasteiger partial charge in [0.15, 0.2) is 0 Å². The van der Waals surface area contributed by atoms with E-state index in [1.165, 1.54) is 25.7 Å². The first-order chi connectivity index (χ1) is 9.63. The predicted molar refractivity (Wildman–Crippen MR) is 74.3 cm³/mol. The first-order valence-electron chi connectivity index (χ1n) is 7.90. The van der Waals surface area contributed by atoms with Crippen LogP contribution in [-0.2, 0) is 4.79 Å². The van der Waals surface area contributed by atoms with Crippen molar-refractivity contribution in [2.75, 3.05) is 26.2 Å². The van der Waals surface area contributed by atoms with Crippen LogP contribution in [0.4, 0.5) is 4.79 Å². The first kappa shape index (κ1) is 13.7. The van der Waals surface area contributed by atoms with Gasteiger partial charge >= 0.3 is 12.0 Å². The molecule has 3 fully saturated rings. The van der Waals surface area contributed by atoms with Crippen LogP contribution in [0.1, 0.15) is 38.5 Å². The van der Waals surface area contributed by atoms with Gasteiger partial charge in [-0.3, -0.25) is 4.79 Å². The largest absolute Gasteiger partial charge is 0.481 e. The van der Waals surface area contributed by atoms with Gasteiger partial charge in [0.2, 0.25) is 0 Å². The average Bonchev–Trinajstić information content (AvgIpc) is 3.32. The predicted octanol–water partition coefficient (Wildman–Crippen LogP) is 2.03. The Bertz CT molecular complexity index is 377. The molecule has 0 aromatic carbocycles. The van der Waals surface area contributed by atoms with Crippen molar-refractivity contribution in [1.29, 1.82) is 0 Å².